The van der Waals surface area contributed by atoms with E-state index >= 15 is 0 Å². The summed E-state index contributed by atoms with van der Waals surface area (Å²) in [6, 6.07) is 3.80. The number of carboxylic acids is 1. The van der Waals surface area contributed by atoms with Crippen LogP contribution in [0.4, 0.5) is 0 Å². The van der Waals surface area contributed by atoms with Crippen LogP contribution < -0.4 is 0 Å². The fourth-order valence-corrected chi connectivity index (χ4v) is 4.09. The lowest BCUT2D eigenvalue weighted by molar-refractivity contribution is -0.137. The number of hydrogen-bond acceptors (Lipinski definition) is 6. The Labute approximate surface area is 159 Å². The molecule has 3 rings (SSSR count). The highest BCUT2D eigenvalue weighted by Crippen LogP contribution is 2.34. The van der Waals surface area contributed by atoms with E-state index in [9.17, 15) is 9.59 Å². The average Bonchev–Trinajstić information content (AvgIpc) is 3.17. The molecule has 0 aliphatic carbocycles. The quantitative estimate of drug-likeness (QED) is 0.619. The summed E-state index contributed by atoms with van der Waals surface area (Å²) in [7, 11) is 0. The van der Waals surface area contributed by atoms with Crippen LogP contribution in [0.2, 0.25) is 0 Å². The van der Waals surface area contributed by atoms with Gasteiger partial charge in [0.25, 0.3) is 5.91 Å². The fourth-order valence-electron chi connectivity index (χ4n) is 2.79. The van der Waals surface area contributed by atoms with Gasteiger partial charge >= 0.3 is 5.97 Å². The van der Waals surface area contributed by atoms with E-state index in [2.05, 4.69) is 5.16 Å². The number of carboxylic acid groups (broad SMARTS) is 1. The minimum Gasteiger partial charge on any atom is -0.481 e. The summed E-state index contributed by atoms with van der Waals surface area (Å²) in [5.41, 5.74) is 2.76. The molecular weight excluding hydrogens is 374 g/mol. The molecule has 3 heterocycles. The molecule has 0 spiro atoms. The monoisotopic (exact) mass is 391 g/mol. The van der Waals surface area contributed by atoms with Crippen LogP contribution in [0.25, 0.3) is 11.9 Å². The molecule has 1 aliphatic heterocycles. The molecule has 7 nitrogen and oxygen atoms in total. The van der Waals surface area contributed by atoms with Crippen LogP contribution in [0.5, 0.6) is 0 Å². The molecule has 0 radical (unpaired) electrons. The van der Waals surface area contributed by atoms with Crippen LogP contribution in [0.3, 0.4) is 0 Å². The Morgan fingerprint density at radius 1 is 1.38 bits per heavy atom. The summed E-state index contributed by atoms with van der Waals surface area (Å²) in [5.74, 6) is 0.178. The largest absolute Gasteiger partial charge is 0.481 e. The highest BCUT2D eigenvalue weighted by atomic mass is 32.2. The molecule has 0 atom stereocenters. The van der Waals surface area contributed by atoms with Gasteiger partial charge in [-0.25, -0.2) is 0 Å². The lowest BCUT2D eigenvalue weighted by Gasteiger charge is -2.12. The molecule has 1 fully saturated rings. The molecule has 1 aliphatic rings. The minimum absolute atomic E-state index is 0.0780. The van der Waals surface area contributed by atoms with Gasteiger partial charge in [0.2, 0.25) is 0 Å². The first kappa shape index (κ1) is 18.4. The second-order valence-corrected chi connectivity index (χ2v) is 7.61. The molecule has 1 saturated heterocycles. The summed E-state index contributed by atoms with van der Waals surface area (Å²) < 4.78 is 7.48. The van der Waals surface area contributed by atoms with Crippen molar-refractivity contribution in [1.82, 2.24) is 14.6 Å². The molecule has 26 heavy (non-hydrogen) atoms. The molecule has 1 amide bonds. The molecule has 2 aromatic heterocycles. The zero-order valence-corrected chi connectivity index (χ0v) is 16.1. The zero-order valence-electron chi connectivity index (χ0n) is 14.5. The van der Waals surface area contributed by atoms with Gasteiger partial charge in [-0.2, -0.15) is 0 Å². The Kier molecular flexibility index (Phi) is 5.01. The molecule has 0 unspecified atom stereocenters. The van der Waals surface area contributed by atoms with Crippen molar-refractivity contribution in [3.63, 3.8) is 0 Å². The van der Waals surface area contributed by atoms with Crippen LogP contribution in [0.15, 0.2) is 21.6 Å². The third-order valence-corrected chi connectivity index (χ3v) is 5.40. The van der Waals surface area contributed by atoms with Gasteiger partial charge in [-0.15, -0.1) is 0 Å². The summed E-state index contributed by atoms with van der Waals surface area (Å²) >= 11 is 6.40. The van der Waals surface area contributed by atoms with Crippen LogP contribution in [0.1, 0.15) is 29.1 Å². The molecule has 0 saturated carbocycles. The topological polar surface area (TPSA) is 88.6 Å². The number of thiocarbonyl (C=S) groups is 1. The van der Waals surface area contributed by atoms with E-state index in [4.69, 9.17) is 21.8 Å². The molecule has 0 bridgehead atoms. The Balaban J connectivity index is 1.90. The maximum atomic E-state index is 12.5. The first-order chi connectivity index (χ1) is 12.3. The Morgan fingerprint density at radius 2 is 2.12 bits per heavy atom. The van der Waals surface area contributed by atoms with Gasteiger partial charge in [0.05, 0.1) is 11.3 Å². The first-order valence-electron chi connectivity index (χ1n) is 7.87. The predicted octanol–water partition coefficient (Wildman–Crippen LogP) is 3.07. The number of thioether (sulfide) groups is 1. The highest BCUT2D eigenvalue weighted by Gasteiger charge is 2.32. The summed E-state index contributed by atoms with van der Waals surface area (Å²) in [4.78, 5) is 25.1. The lowest BCUT2D eigenvalue weighted by Crippen LogP contribution is -2.30. The van der Waals surface area contributed by atoms with Crippen LogP contribution in [0, 0.1) is 20.8 Å². The lowest BCUT2D eigenvalue weighted by atomic mass is 10.2. The molecule has 0 aromatic carbocycles. The zero-order chi connectivity index (χ0) is 19.0. The SMILES string of the molecule is Cc1cc(-n2c(C)cc(/C=C3\SC(=S)N(CCC(=O)O)C3=O)c2C)no1. The summed E-state index contributed by atoms with van der Waals surface area (Å²) in [6.45, 7) is 5.79. The predicted molar refractivity (Wildman–Crippen MR) is 102 cm³/mol. The Bertz CT molecular complexity index is 942. The van der Waals surface area contributed by atoms with Gasteiger partial charge in [0.1, 0.15) is 10.1 Å². The van der Waals surface area contributed by atoms with Crippen molar-refractivity contribution < 1.29 is 19.2 Å². The third-order valence-electron chi connectivity index (χ3n) is 4.02. The average molecular weight is 391 g/mol. The van der Waals surface area contributed by atoms with Crippen molar-refractivity contribution >= 4 is 46.3 Å². The smallest absolute Gasteiger partial charge is 0.305 e. The van der Waals surface area contributed by atoms with Crippen molar-refractivity contribution in [2.24, 2.45) is 0 Å². The summed E-state index contributed by atoms with van der Waals surface area (Å²) in [5, 5.41) is 12.9. The highest BCUT2D eigenvalue weighted by molar-refractivity contribution is 8.26. The number of amides is 1. The third kappa shape index (κ3) is 3.45. The molecular formula is C17H17N3O4S2. The first-order valence-corrected chi connectivity index (χ1v) is 9.10. The van der Waals surface area contributed by atoms with E-state index in [1.54, 1.807) is 6.08 Å². The number of rotatable bonds is 5. The van der Waals surface area contributed by atoms with Crippen molar-refractivity contribution in [2.45, 2.75) is 27.2 Å². The van der Waals surface area contributed by atoms with Crippen molar-refractivity contribution in [1.29, 1.82) is 0 Å². The second kappa shape index (κ2) is 7.08. The van der Waals surface area contributed by atoms with E-state index < -0.39 is 5.97 Å². The van der Waals surface area contributed by atoms with Crippen LogP contribution >= 0.6 is 24.0 Å². The standard InChI is InChI=1S/C17H17N3O4S2/c1-9-6-12(11(3)20(9)14-7-10(2)24-18-14)8-13-16(23)19(17(25)26-13)5-4-15(21)22/h6-8H,4-5H2,1-3H3,(H,21,22)/b13-8-. The maximum absolute atomic E-state index is 12.5. The maximum Gasteiger partial charge on any atom is 0.305 e. The number of nitrogens with zero attached hydrogens (tertiary/aromatic N) is 3. The second-order valence-electron chi connectivity index (χ2n) is 5.93. The van der Waals surface area contributed by atoms with Gasteiger partial charge in [0, 0.05) is 24.0 Å². The van der Waals surface area contributed by atoms with Gasteiger partial charge in [0.15, 0.2) is 5.82 Å². The molecule has 2 aromatic rings. The van der Waals surface area contributed by atoms with E-state index in [1.165, 1.54) is 16.7 Å². The molecule has 1 N–H and O–H groups in total. The van der Waals surface area contributed by atoms with Crippen molar-refractivity contribution in [3.05, 3.63) is 39.7 Å². The normalized spacial score (nSPS) is 16.1. The number of carbonyl (C=O) groups excluding carboxylic acids is 1. The number of carbonyl (C=O) groups is 2. The van der Waals surface area contributed by atoms with Gasteiger partial charge in [-0.1, -0.05) is 29.1 Å². The van der Waals surface area contributed by atoms with Gasteiger partial charge in [-0.05, 0) is 38.5 Å². The van der Waals surface area contributed by atoms with E-state index in [0.717, 1.165) is 17.0 Å². The van der Waals surface area contributed by atoms with Gasteiger partial charge < -0.3 is 9.63 Å². The van der Waals surface area contributed by atoms with Crippen LogP contribution in [-0.2, 0) is 9.59 Å². The van der Waals surface area contributed by atoms with Crippen molar-refractivity contribution in [2.75, 3.05) is 6.54 Å². The van der Waals surface area contributed by atoms with Gasteiger partial charge in [-0.3, -0.25) is 19.1 Å². The Hall–Kier alpha value is -2.39. The van der Waals surface area contributed by atoms with E-state index in [1.807, 2.05) is 37.5 Å². The van der Waals surface area contributed by atoms with Crippen molar-refractivity contribution in [3.8, 4) is 5.82 Å². The summed E-state index contributed by atoms with van der Waals surface area (Å²) in [6.07, 6.45) is 1.64. The molecule has 136 valence electrons. The van der Waals surface area contributed by atoms with E-state index in [-0.39, 0.29) is 18.9 Å². The van der Waals surface area contributed by atoms with Crippen LogP contribution in [-0.4, -0.2) is 42.5 Å². The fraction of sp³-hybridized carbons (Fsp3) is 0.294. The van der Waals surface area contributed by atoms with E-state index in [0.29, 0.717) is 20.8 Å². The Morgan fingerprint density at radius 3 is 2.73 bits per heavy atom. The number of hydrogen-bond donors (Lipinski definition) is 1. The molecule has 9 heteroatoms. The number of aromatic nitrogens is 2. The number of aryl methyl sites for hydroxylation is 2. The minimum atomic E-state index is -0.963. The number of aliphatic carboxylic acids is 1.